The molecule has 432 valence electrons. The Bertz CT molecular complexity index is 1290. The first-order valence-corrected chi connectivity index (χ1v) is 55.0. The predicted molar refractivity (Wildman–Crippen MR) is 345 cm³/mol. The van der Waals surface area contributed by atoms with Crippen molar-refractivity contribution in [1.29, 1.82) is 0 Å². The Morgan fingerprint density at radius 2 is 0.500 bits per heavy atom. The van der Waals surface area contributed by atoms with Gasteiger partial charge in [-0.15, -0.1) is 0 Å². The van der Waals surface area contributed by atoms with Crippen LogP contribution in [0.1, 0.15) is 134 Å². The maximum atomic E-state index is 10.7. The van der Waals surface area contributed by atoms with Crippen LogP contribution in [-0.2, 0) is 31.4 Å². The lowest BCUT2D eigenvalue weighted by molar-refractivity contribution is 0.230. The molecule has 0 N–H and O–H groups in total. The minimum atomic E-state index is -1.64. The van der Waals surface area contributed by atoms with E-state index in [0.29, 0.717) is 43.2 Å². The Labute approximate surface area is 467 Å². The van der Waals surface area contributed by atoms with Crippen molar-refractivity contribution >= 4 is 88.1 Å². The molecule has 0 spiro atoms. The number of nitrogens with zero attached hydrogens (tertiary/aromatic N) is 1. The summed E-state index contributed by atoms with van der Waals surface area (Å²) in [6.45, 7) is 55.6. The van der Waals surface area contributed by atoms with E-state index < -0.39 is 66.1 Å². The van der Waals surface area contributed by atoms with Gasteiger partial charge in [0.25, 0.3) is 0 Å². The lowest BCUT2D eigenvalue weighted by Gasteiger charge is -2.36. The third kappa shape index (κ3) is 42.3. The van der Waals surface area contributed by atoms with Crippen molar-refractivity contribution in [2.45, 2.75) is 334 Å². The summed E-state index contributed by atoms with van der Waals surface area (Å²) in [6.07, 6.45) is 14.1. The Morgan fingerprint density at radius 1 is 0.319 bits per heavy atom. The van der Waals surface area contributed by atoms with E-state index in [0.717, 1.165) is 11.8 Å². The van der Waals surface area contributed by atoms with Gasteiger partial charge < -0.3 is 26.6 Å². The first-order valence-electron chi connectivity index (χ1n) is 29.5. The molecule has 0 amide bonds. The van der Waals surface area contributed by atoms with Gasteiger partial charge in [-0.05, 0) is 211 Å². The average molecular weight is 1220 g/mol. The molecule has 0 saturated carbocycles. The monoisotopic (exact) mass is 1220 g/mol. The van der Waals surface area contributed by atoms with Gasteiger partial charge in [-0.1, -0.05) is 103 Å². The zero-order chi connectivity index (χ0) is 56.1. The Hall–Kier alpha value is 1.36. The summed E-state index contributed by atoms with van der Waals surface area (Å²) in [5.74, 6) is 0. The summed E-state index contributed by atoms with van der Waals surface area (Å²) in [7, 11) is -12.6. The molecule has 17 heteroatoms. The largest absolute Gasteiger partial charge is 0.415 e. The van der Waals surface area contributed by atoms with Crippen molar-refractivity contribution < 1.29 is 31.4 Å². The molecule has 8 nitrogen and oxygen atoms in total. The Balaban J connectivity index is 0. The van der Waals surface area contributed by atoms with Gasteiger partial charge in [0.1, 0.15) is 0 Å². The summed E-state index contributed by atoms with van der Waals surface area (Å²) in [6, 6.07) is 18.9. The van der Waals surface area contributed by atoms with E-state index in [1.807, 2.05) is 0 Å². The van der Waals surface area contributed by atoms with Gasteiger partial charge in [0.05, 0.1) is 22.7 Å². The van der Waals surface area contributed by atoms with Crippen LogP contribution in [0.2, 0.25) is 163 Å². The summed E-state index contributed by atoms with van der Waals surface area (Å²) < 4.78 is 38.2. The van der Waals surface area contributed by atoms with Crippen molar-refractivity contribution in [1.82, 2.24) is 0 Å². The van der Waals surface area contributed by atoms with Crippen molar-refractivity contribution in [2.24, 2.45) is 4.99 Å². The molecule has 0 aromatic rings. The lowest BCUT2D eigenvalue weighted by Crippen LogP contribution is -2.39. The molecule has 0 rings (SSSR count). The highest BCUT2D eigenvalue weighted by Crippen LogP contribution is 2.39. The van der Waals surface area contributed by atoms with Crippen LogP contribution < -0.4 is 0 Å². The number of isocyanates is 1. The van der Waals surface area contributed by atoms with Crippen molar-refractivity contribution in [3.63, 3.8) is 0 Å². The molecule has 0 aromatic heterocycles. The molecular weight excluding hydrogens is 1090 g/mol. The second kappa shape index (κ2) is 37.3. The standard InChI is InChI=1S/C28H63NO4Si4.C27H63BrO3Si4/c1-26(2)31-34(7,8)18-14-22-37(21-13-17-29-25-30,23-15-19-35(9,10)32-27(3)4)24-16-20-36(11,12)33-28(5)6;1-25(2)29-32(7,8)18-14-22-35(21-13-17-28,23-15-19-33(9,10)30-26(3)4)24-16-20-34(11,12)31-27(5)6/h26-28H,13-24H2,1-12H3;25-27H,13-24H2,1-12H3. The van der Waals surface area contributed by atoms with Gasteiger partial charge in [0.15, 0.2) is 49.9 Å². The molecule has 0 aliphatic heterocycles. The zero-order valence-electron chi connectivity index (χ0n) is 52.6. The smallest absolute Gasteiger partial charge is 0.234 e. The number of rotatable bonds is 43. The minimum Gasteiger partial charge on any atom is -0.415 e. The van der Waals surface area contributed by atoms with Gasteiger partial charge in [-0.2, -0.15) is 0 Å². The SMILES string of the molecule is CC(C)O[Si](C)(C)CCC[Si](CCCBr)(CCC[Si](C)(C)OC(C)C)CCC[Si](C)(C)OC(C)C.CC(C)O[Si](C)(C)CCC[Si](CCCN=C=O)(CCC[Si](C)(C)OC(C)C)CCC[Si](C)(C)OC(C)C. The lowest BCUT2D eigenvalue weighted by atomic mass is 10.5. The van der Waals surface area contributed by atoms with E-state index >= 15 is 0 Å². The van der Waals surface area contributed by atoms with E-state index in [-0.39, 0.29) is 0 Å². The zero-order valence-corrected chi connectivity index (χ0v) is 62.2. The molecule has 0 aliphatic carbocycles. The van der Waals surface area contributed by atoms with Crippen LogP contribution in [0.15, 0.2) is 4.99 Å². The highest BCUT2D eigenvalue weighted by molar-refractivity contribution is 9.09. The van der Waals surface area contributed by atoms with Gasteiger partial charge in [-0.25, -0.2) is 9.79 Å². The first kappa shape index (κ1) is 75.4. The molecule has 72 heavy (non-hydrogen) atoms. The van der Waals surface area contributed by atoms with Gasteiger partial charge >= 0.3 is 0 Å². The van der Waals surface area contributed by atoms with E-state index in [2.05, 4.69) is 183 Å². The number of carbonyl (C=O) groups excluding carboxylic acids is 1. The molecule has 0 aromatic carbocycles. The number of halogens is 1. The van der Waals surface area contributed by atoms with Crippen molar-refractivity contribution in [3.05, 3.63) is 0 Å². The Morgan fingerprint density at radius 3 is 0.667 bits per heavy atom. The predicted octanol–water partition coefficient (Wildman–Crippen LogP) is 19.5. The average Bonchev–Trinajstić information content (AvgIpc) is 3.15. The van der Waals surface area contributed by atoms with Crippen LogP contribution in [0.4, 0.5) is 0 Å². The number of aliphatic imine (C=N–C) groups is 1. The van der Waals surface area contributed by atoms with Gasteiger partial charge in [-0.3, -0.25) is 0 Å². The molecule has 0 saturated heterocycles. The molecule has 0 fully saturated rings. The van der Waals surface area contributed by atoms with Gasteiger partial charge in [0.2, 0.25) is 6.08 Å². The Kier molecular flexibility index (Phi) is 39.1. The number of hydrogen-bond acceptors (Lipinski definition) is 8. The topological polar surface area (TPSA) is 84.8 Å². The number of hydrogen-bond donors (Lipinski definition) is 0. The number of alkyl halides is 1. The summed E-state index contributed by atoms with van der Waals surface area (Å²) in [4.78, 5) is 14.6. The molecule has 0 radical (unpaired) electrons. The molecule has 0 unspecified atom stereocenters. The maximum Gasteiger partial charge on any atom is 0.234 e. The van der Waals surface area contributed by atoms with E-state index in [4.69, 9.17) is 26.6 Å². The fourth-order valence-corrected chi connectivity index (χ4v) is 39.9. The van der Waals surface area contributed by atoms with Crippen molar-refractivity contribution in [3.8, 4) is 0 Å². The van der Waals surface area contributed by atoms with Crippen LogP contribution in [0, 0.1) is 0 Å². The normalized spacial score (nSPS) is 13.8. The summed E-state index contributed by atoms with van der Waals surface area (Å²) >= 11 is 3.77. The highest BCUT2D eigenvalue weighted by atomic mass is 79.9. The van der Waals surface area contributed by atoms with Crippen LogP contribution in [-0.4, -0.2) is 121 Å². The summed E-state index contributed by atoms with van der Waals surface area (Å²) in [5, 5.41) is 1.14. The van der Waals surface area contributed by atoms with E-state index in [9.17, 15) is 4.79 Å². The molecular formula is C55H126BrNO7Si8. The van der Waals surface area contributed by atoms with Gasteiger partial charge in [0, 0.05) is 42.0 Å². The van der Waals surface area contributed by atoms with Crippen LogP contribution in [0.25, 0.3) is 0 Å². The summed E-state index contributed by atoms with van der Waals surface area (Å²) in [5.41, 5.74) is 0. The molecule has 0 aliphatic rings. The third-order valence-corrected chi connectivity index (χ3v) is 42.0. The molecule has 0 bridgehead atoms. The maximum absolute atomic E-state index is 10.7. The fourth-order valence-electron chi connectivity index (χ4n) is 12.0. The molecule has 0 heterocycles. The fraction of sp³-hybridized carbons (Fsp3) is 0.982. The quantitative estimate of drug-likeness (QED) is 0.0198. The van der Waals surface area contributed by atoms with Crippen LogP contribution >= 0.6 is 15.9 Å². The second-order valence-electron chi connectivity index (χ2n) is 27.5. The second-order valence-corrected chi connectivity index (χ2v) is 63.9. The third-order valence-electron chi connectivity index (χ3n) is 14.1. The van der Waals surface area contributed by atoms with Crippen LogP contribution in [0.3, 0.4) is 0 Å². The van der Waals surface area contributed by atoms with E-state index in [1.54, 1.807) is 6.08 Å². The minimum absolute atomic E-state index is 0.311. The highest BCUT2D eigenvalue weighted by Gasteiger charge is 2.38. The van der Waals surface area contributed by atoms with Crippen LogP contribution in [0.5, 0.6) is 0 Å². The molecule has 0 atom stereocenters. The first-order chi connectivity index (χ1) is 32.9. The van der Waals surface area contributed by atoms with Crippen molar-refractivity contribution in [2.75, 3.05) is 11.9 Å². The van der Waals surface area contributed by atoms with E-state index in [1.165, 1.54) is 130 Å².